The summed E-state index contributed by atoms with van der Waals surface area (Å²) in [4.78, 5) is 49.3. The number of amidine groups is 2. The van der Waals surface area contributed by atoms with Crippen molar-refractivity contribution in [3.8, 4) is 11.5 Å². The molecule has 0 spiro atoms. The molecular weight excluding hydrogens is 549 g/mol. The zero-order valence-electron chi connectivity index (χ0n) is 21.6. The first-order chi connectivity index (χ1) is 19.9. The predicted octanol–water partition coefficient (Wildman–Crippen LogP) is 3.98. The number of nitrogens with one attached hydrogen (secondary N) is 2. The third-order valence-electron chi connectivity index (χ3n) is 6.58. The first kappa shape index (κ1) is 26.5. The zero-order chi connectivity index (χ0) is 28.3. The van der Waals surface area contributed by atoms with Crippen LogP contribution in [0.3, 0.4) is 0 Å². The third-order valence-corrected chi connectivity index (χ3v) is 7.52. The minimum absolute atomic E-state index is 0.0254. The Bertz CT molecular complexity index is 1590. The number of aliphatic imine (C=N–C) groups is 2. The van der Waals surface area contributed by atoms with Gasteiger partial charge in [-0.2, -0.15) is 0 Å². The Balaban J connectivity index is 1.08. The summed E-state index contributed by atoms with van der Waals surface area (Å²) in [5, 5.41) is 5.90. The van der Waals surface area contributed by atoms with E-state index in [9.17, 15) is 18.8 Å². The Morgan fingerprint density at radius 2 is 1.83 bits per heavy atom. The first-order valence-corrected chi connectivity index (χ1v) is 13.9. The van der Waals surface area contributed by atoms with Crippen molar-refractivity contribution in [3.63, 3.8) is 0 Å². The lowest BCUT2D eigenvalue weighted by molar-refractivity contribution is -0.125. The van der Waals surface area contributed by atoms with E-state index >= 15 is 0 Å². The van der Waals surface area contributed by atoms with Gasteiger partial charge in [0.15, 0.2) is 16.7 Å². The lowest BCUT2D eigenvalue weighted by Crippen LogP contribution is -2.41. The Hall–Kier alpha value is -4.71. The molecule has 10 nitrogen and oxygen atoms in total. The van der Waals surface area contributed by atoms with E-state index < -0.39 is 11.9 Å². The molecule has 0 saturated heterocycles. The predicted molar refractivity (Wildman–Crippen MR) is 152 cm³/mol. The summed E-state index contributed by atoms with van der Waals surface area (Å²) < 4.78 is 23.9. The second-order valence-corrected chi connectivity index (χ2v) is 10.3. The van der Waals surface area contributed by atoms with Gasteiger partial charge in [-0.3, -0.25) is 19.4 Å². The molecule has 0 unspecified atom stereocenters. The molecule has 208 valence electrons. The van der Waals surface area contributed by atoms with Crippen molar-refractivity contribution < 1.29 is 28.2 Å². The van der Waals surface area contributed by atoms with Gasteiger partial charge in [-0.25, -0.2) is 14.3 Å². The quantitative estimate of drug-likeness (QED) is 0.421. The molecule has 0 radical (unpaired) electrons. The normalized spacial score (nSPS) is 16.5. The molecule has 3 aromatic rings. The van der Waals surface area contributed by atoms with Gasteiger partial charge < -0.3 is 20.1 Å². The lowest BCUT2D eigenvalue weighted by atomic mass is 10.1. The highest BCUT2D eigenvalue weighted by molar-refractivity contribution is 8.14. The Morgan fingerprint density at radius 3 is 2.68 bits per heavy atom. The second kappa shape index (κ2) is 11.4. The van der Waals surface area contributed by atoms with E-state index in [1.165, 1.54) is 29.2 Å². The molecule has 2 N–H and O–H groups in total. The summed E-state index contributed by atoms with van der Waals surface area (Å²) >= 11 is 1.10. The highest BCUT2D eigenvalue weighted by atomic mass is 32.2. The maximum atomic E-state index is 13.5. The van der Waals surface area contributed by atoms with Crippen molar-refractivity contribution >= 4 is 51.9 Å². The summed E-state index contributed by atoms with van der Waals surface area (Å²) in [6.45, 7) is 0.494. The van der Waals surface area contributed by atoms with Crippen LogP contribution >= 0.6 is 11.8 Å². The molecule has 3 heterocycles. The summed E-state index contributed by atoms with van der Waals surface area (Å²) in [7, 11) is 0. The van der Waals surface area contributed by atoms with Crippen LogP contribution in [-0.4, -0.2) is 52.2 Å². The van der Waals surface area contributed by atoms with Crippen molar-refractivity contribution in [3.05, 3.63) is 83.7 Å². The fourth-order valence-corrected chi connectivity index (χ4v) is 5.36. The molecular formula is C29H24FN5O5S. The third kappa shape index (κ3) is 5.78. The number of hydrogen-bond donors (Lipinski definition) is 2. The van der Waals surface area contributed by atoms with E-state index in [1.807, 2.05) is 36.4 Å². The molecule has 3 amide bonds. The number of benzene rings is 3. The van der Waals surface area contributed by atoms with Crippen LogP contribution in [0.25, 0.3) is 0 Å². The topological polar surface area (TPSA) is 122 Å². The molecule has 0 saturated carbocycles. The SMILES string of the molecule is O=C(CC[C@@H]1N=C2c3ccccc3N=C(SCC(=O)Nc3ccc(F)cc3)N2C1=O)NCc1ccc2c(c1)OCO2. The minimum atomic E-state index is -0.758. The fraction of sp³-hybridized carbons (Fsp3) is 0.207. The van der Waals surface area contributed by atoms with Gasteiger partial charge >= 0.3 is 0 Å². The van der Waals surface area contributed by atoms with Crippen LogP contribution < -0.4 is 20.1 Å². The van der Waals surface area contributed by atoms with Crippen LogP contribution in [0.4, 0.5) is 15.8 Å². The zero-order valence-corrected chi connectivity index (χ0v) is 22.4. The largest absolute Gasteiger partial charge is 0.454 e. The van der Waals surface area contributed by atoms with Crippen LogP contribution in [0.1, 0.15) is 24.0 Å². The number of nitrogens with zero attached hydrogens (tertiary/aromatic N) is 3. The summed E-state index contributed by atoms with van der Waals surface area (Å²) in [6.07, 6.45) is 0.323. The average molecular weight is 574 g/mol. The van der Waals surface area contributed by atoms with E-state index in [0.29, 0.717) is 46.0 Å². The van der Waals surface area contributed by atoms with Crippen molar-refractivity contribution in [1.82, 2.24) is 10.2 Å². The minimum Gasteiger partial charge on any atom is -0.454 e. The Labute approximate surface area is 238 Å². The Morgan fingerprint density at radius 1 is 1.02 bits per heavy atom. The van der Waals surface area contributed by atoms with Gasteiger partial charge in [-0.05, 0) is 60.5 Å². The van der Waals surface area contributed by atoms with Crippen molar-refractivity contribution in [2.24, 2.45) is 9.98 Å². The maximum absolute atomic E-state index is 13.5. The molecule has 0 aromatic heterocycles. The number of carbonyl (C=O) groups is 3. The van der Waals surface area contributed by atoms with Gasteiger partial charge in [-0.15, -0.1) is 0 Å². The molecule has 1 atom stereocenters. The van der Waals surface area contributed by atoms with Gasteiger partial charge in [-0.1, -0.05) is 30.0 Å². The molecule has 0 fully saturated rings. The van der Waals surface area contributed by atoms with Gasteiger partial charge in [0.1, 0.15) is 17.7 Å². The van der Waals surface area contributed by atoms with E-state index in [2.05, 4.69) is 20.6 Å². The van der Waals surface area contributed by atoms with Gasteiger partial charge in [0, 0.05) is 24.2 Å². The number of rotatable bonds is 8. The van der Waals surface area contributed by atoms with Gasteiger partial charge in [0.05, 0.1) is 11.4 Å². The molecule has 3 aromatic carbocycles. The van der Waals surface area contributed by atoms with Crippen molar-refractivity contribution in [1.29, 1.82) is 0 Å². The van der Waals surface area contributed by atoms with Crippen LogP contribution in [0.15, 0.2) is 76.7 Å². The number of amides is 3. The molecule has 6 rings (SSSR count). The average Bonchev–Trinajstić information content (AvgIpc) is 3.59. The number of fused-ring (bicyclic) bond motifs is 4. The second-order valence-electron chi connectivity index (χ2n) is 9.40. The summed E-state index contributed by atoms with van der Waals surface area (Å²) in [5.74, 6) is 0.504. The maximum Gasteiger partial charge on any atom is 0.259 e. The lowest BCUT2D eigenvalue weighted by Gasteiger charge is -2.25. The summed E-state index contributed by atoms with van der Waals surface area (Å²) in [5.41, 5.74) is 2.67. The molecule has 41 heavy (non-hydrogen) atoms. The van der Waals surface area contributed by atoms with E-state index in [4.69, 9.17) is 9.47 Å². The monoisotopic (exact) mass is 573 g/mol. The number of thioether (sulfide) groups is 1. The van der Waals surface area contributed by atoms with Crippen molar-refractivity contribution in [2.45, 2.75) is 25.4 Å². The number of para-hydroxylation sites is 1. The summed E-state index contributed by atoms with van der Waals surface area (Å²) in [6, 6.07) is 17.5. The number of carbonyl (C=O) groups excluding carboxylic acids is 3. The first-order valence-electron chi connectivity index (χ1n) is 12.9. The van der Waals surface area contributed by atoms with Crippen molar-refractivity contribution in [2.75, 3.05) is 17.9 Å². The van der Waals surface area contributed by atoms with E-state index in [1.54, 1.807) is 6.07 Å². The van der Waals surface area contributed by atoms with Crippen LogP contribution in [0, 0.1) is 5.82 Å². The van der Waals surface area contributed by atoms with Crippen LogP contribution in [0.2, 0.25) is 0 Å². The van der Waals surface area contributed by atoms with E-state index in [-0.39, 0.29) is 43.1 Å². The molecule has 3 aliphatic heterocycles. The van der Waals surface area contributed by atoms with E-state index in [0.717, 1.165) is 17.3 Å². The highest BCUT2D eigenvalue weighted by Crippen LogP contribution is 2.35. The van der Waals surface area contributed by atoms with Gasteiger partial charge in [0.25, 0.3) is 5.91 Å². The number of halogens is 1. The van der Waals surface area contributed by atoms with Crippen LogP contribution in [0.5, 0.6) is 11.5 Å². The number of ether oxygens (including phenoxy) is 2. The molecule has 0 aliphatic carbocycles. The molecule has 3 aliphatic rings. The smallest absolute Gasteiger partial charge is 0.259 e. The van der Waals surface area contributed by atoms with Gasteiger partial charge in [0.2, 0.25) is 18.6 Å². The highest BCUT2D eigenvalue weighted by Gasteiger charge is 2.41. The molecule has 0 bridgehead atoms. The van der Waals surface area contributed by atoms with Crippen LogP contribution in [-0.2, 0) is 20.9 Å². The molecule has 12 heteroatoms. The fourth-order valence-electron chi connectivity index (χ4n) is 4.56. The number of anilines is 1. The number of hydrogen-bond acceptors (Lipinski definition) is 8. The standard InChI is InChI=1S/C29H24FN5O5S/c30-18-6-8-19(9-7-18)32-26(37)15-41-29-34-21-4-2-1-3-20(21)27-33-22(28(38)35(27)29)10-12-25(36)31-14-17-5-11-23-24(13-17)40-16-39-23/h1-9,11,13,22H,10,12,14-16H2,(H,31,36)(H,32,37)/t22-/m0/s1. The Kier molecular flexibility index (Phi) is 7.38.